The molecule has 0 unspecified atom stereocenters. The normalized spacial score (nSPS) is 10.2. The molecule has 2 aromatic rings. The standard InChI is InChI=1S/C13H12N2O3S/c1-2-15(11(16)12(17)18)13-14-10(8-19-13)9-6-4-3-5-7-9/h3-8H,2H2,1H3,(H,17,18). The van der Waals surface area contributed by atoms with Crippen molar-refractivity contribution in [1.82, 2.24) is 4.98 Å². The van der Waals surface area contributed by atoms with Crippen LogP contribution in [0.1, 0.15) is 6.92 Å². The molecule has 0 bridgehead atoms. The lowest BCUT2D eigenvalue weighted by molar-refractivity contribution is -0.148. The molecule has 0 spiro atoms. The average molecular weight is 276 g/mol. The van der Waals surface area contributed by atoms with Gasteiger partial charge in [-0.2, -0.15) is 0 Å². The van der Waals surface area contributed by atoms with Crippen LogP contribution >= 0.6 is 11.3 Å². The molecule has 19 heavy (non-hydrogen) atoms. The largest absolute Gasteiger partial charge is 0.474 e. The fraction of sp³-hybridized carbons (Fsp3) is 0.154. The first kappa shape index (κ1) is 13.2. The molecule has 0 fully saturated rings. The molecule has 1 heterocycles. The minimum Gasteiger partial charge on any atom is -0.474 e. The summed E-state index contributed by atoms with van der Waals surface area (Å²) >= 11 is 1.25. The van der Waals surface area contributed by atoms with Crippen molar-refractivity contribution in [1.29, 1.82) is 0 Å². The predicted octanol–water partition coefficient (Wildman–Crippen LogP) is 2.25. The second-order valence-electron chi connectivity index (χ2n) is 3.74. The van der Waals surface area contributed by atoms with E-state index in [9.17, 15) is 9.59 Å². The van der Waals surface area contributed by atoms with Gasteiger partial charge in [0.15, 0.2) is 5.13 Å². The van der Waals surface area contributed by atoms with E-state index in [1.807, 2.05) is 35.7 Å². The molecule has 98 valence electrons. The van der Waals surface area contributed by atoms with Gasteiger partial charge in [-0.1, -0.05) is 30.3 Å². The Morgan fingerprint density at radius 2 is 2.00 bits per heavy atom. The van der Waals surface area contributed by atoms with Crippen molar-refractivity contribution in [3.05, 3.63) is 35.7 Å². The summed E-state index contributed by atoms with van der Waals surface area (Å²) < 4.78 is 0. The van der Waals surface area contributed by atoms with E-state index < -0.39 is 11.9 Å². The molecule has 6 heteroatoms. The average Bonchev–Trinajstić information content (AvgIpc) is 2.90. The van der Waals surface area contributed by atoms with Gasteiger partial charge in [-0.25, -0.2) is 9.78 Å². The lowest BCUT2D eigenvalue weighted by atomic mass is 10.2. The van der Waals surface area contributed by atoms with Gasteiger partial charge >= 0.3 is 11.9 Å². The van der Waals surface area contributed by atoms with E-state index in [-0.39, 0.29) is 6.54 Å². The van der Waals surface area contributed by atoms with Crippen LogP contribution in [0.25, 0.3) is 11.3 Å². The second-order valence-corrected chi connectivity index (χ2v) is 4.57. The zero-order valence-electron chi connectivity index (χ0n) is 10.2. The van der Waals surface area contributed by atoms with Gasteiger partial charge in [0.1, 0.15) is 0 Å². The van der Waals surface area contributed by atoms with Gasteiger partial charge in [0.25, 0.3) is 0 Å². The van der Waals surface area contributed by atoms with Crippen LogP contribution in [0.15, 0.2) is 35.7 Å². The molecule has 5 nitrogen and oxygen atoms in total. The summed E-state index contributed by atoms with van der Waals surface area (Å²) in [5.41, 5.74) is 1.67. The quantitative estimate of drug-likeness (QED) is 0.873. The molecule has 0 aliphatic carbocycles. The first-order valence-corrected chi connectivity index (χ1v) is 6.57. The van der Waals surface area contributed by atoms with Gasteiger partial charge < -0.3 is 5.11 Å². The number of carboxylic acid groups (broad SMARTS) is 1. The smallest absolute Gasteiger partial charge is 0.395 e. The number of carboxylic acids is 1. The van der Waals surface area contributed by atoms with Crippen LogP contribution in [0.4, 0.5) is 5.13 Å². The third-order valence-corrected chi connectivity index (χ3v) is 3.40. The van der Waals surface area contributed by atoms with Gasteiger partial charge in [0.05, 0.1) is 5.69 Å². The number of carbonyl (C=O) groups excluding carboxylic acids is 1. The summed E-state index contributed by atoms with van der Waals surface area (Å²) in [4.78, 5) is 27.7. The lowest BCUT2D eigenvalue weighted by Gasteiger charge is -2.14. The maximum absolute atomic E-state index is 11.5. The van der Waals surface area contributed by atoms with Gasteiger partial charge in [0.2, 0.25) is 0 Å². The van der Waals surface area contributed by atoms with Crippen LogP contribution in [0.3, 0.4) is 0 Å². The molecule has 2 rings (SSSR count). The first-order valence-electron chi connectivity index (χ1n) is 5.69. The van der Waals surface area contributed by atoms with Crippen molar-refractivity contribution >= 4 is 28.3 Å². The third kappa shape index (κ3) is 2.79. The molecule has 0 aliphatic rings. The van der Waals surface area contributed by atoms with Crippen LogP contribution in [-0.2, 0) is 9.59 Å². The second kappa shape index (κ2) is 5.62. The number of hydrogen-bond donors (Lipinski definition) is 1. The predicted molar refractivity (Wildman–Crippen MR) is 73.2 cm³/mol. The van der Waals surface area contributed by atoms with Gasteiger partial charge in [-0.15, -0.1) is 11.3 Å². The van der Waals surface area contributed by atoms with Crippen molar-refractivity contribution in [2.75, 3.05) is 11.4 Å². The zero-order chi connectivity index (χ0) is 13.8. The number of thiazole rings is 1. The monoisotopic (exact) mass is 276 g/mol. The molecule has 0 saturated heterocycles. The highest BCUT2D eigenvalue weighted by molar-refractivity contribution is 7.14. The summed E-state index contributed by atoms with van der Waals surface area (Å²) in [5.74, 6) is -2.44. The fourth-order valence-corrected chi connectivity index (χ4v) is 2.51. The number of nitrogens with zero attached hydrogens (tertiary/aromatic N) is 2. The molecule has 0 aliphatic heterocycles. The Kier molecular flexibility index (Phi) is 3.91. The minimum atomic E-state index is -1.47. The summed E-state index contributed by atoms with van der Waals surface area (Å²) in [6.07, 6.45) is 0. The van der Waals surface area contributed by atoms with Crippen molar-refractivity contribution < 1.29 is 14.7 Å². The SMILES string of the molecule is CCN(C(=O)C(=O)O)c1nc(-c2ccccc2)cs1. The Morgan fingerprint density at radius 1 is 1.32 bits per heavy atom. The Hall–Kier alpha value is -2.21. The highest BCUT2D eigenvalue weighted by Gasteiger charge is 2.23. The Labute approximate surface area is 114 Å². The number of amides is 1. The van der Waals surface area contributed by atoms with Gasteiger partial charge in [-0.3, -0.25) is 9.69 Å². The molecule has 0 saturated carbocycles. The van der Waals surface area contributed by atoms with Crippen molar-refractivity contribution in [2.24, 2.45) is 0 Å². The molecule has 0 radical (unpaired) electrons. The van der Waals surface area contributed by atoms with Crippen LogP contribution in [-0.4, -0.2) is 28.5 Å². The van der Waals surface area contributed by atoms with Crippen molar-refractivity contribution in [2.45, 2.75) is 6.92 Å². The van der Waals surface area contributed by atoms with Crippen LogP contribution < -0.4 is 4.90 Å². The summed E-state index contributed by atoms with van der Waals surface area (Å²) in [5, 5.41) is 11.0. The van der Waals surface area contributed by atoms with Crippen LogP contribution in [0, 0.1) is 0 Å². The lowest BCUT2D eigenvalue weighted by Crippen LogP contribution is -2.36. The summed E-state index contributed by atoms with van der Waals surface area (Å²) in [6.45, 7) is 1.98. The van der Waals surface area contributed by atoms with Crippen molar-refractivity contribution in [3.63, 3.8) is 0 Å². The number of aliphatic carboxylic acids is 1. The molecule has 1 amide bonds. The van der Waals surface area contributed by atoms with Crippen LogP contribution in [0.5, 0.6) is 0 Å². The maximum atomic E-state index is 11.5. The Balaban J connectivity index is 2.30. The molecular weight excluding hydrogens is 264 g/mol. The van der Waals surface area contributed by atoms with E-state index in [1.165, 1.54) is 11.3 Å². The van der Waals surface area contributed by atoms with Gasteiger partial charge in [0, 0.05) is 17.5 Å². The number of likely N-dealkylation sites (N-methyl/N-ethyl adjacent to an activating group) is 1. The highest BCUT2D eigenvalue weighted by Crippen LogP contribution is 2.27. The first-order chi connectivity index (χ1) is 9.13. The number of anilines is 1. The number of benzene rings is 1. The van der Waals surface area contributed by atoms with E-state index >= 15 is 0 Å². The maximum Gasteiger partial charge on any atom is 0.395 e. The number of aromatic nitrogens is 1. The highest BCUT2D eigenvalue weighted by atomic mass is 32.1. The Morgan fingerprint density at radius 3 is 2.58 bits per heavy atom. The Bertz CT molecular complexity index is 595. The third-order valence-electron chi connectivity index (χ3n) is 2.54. The molecule has 1 aromatic carbocycles. The number of hydrogen-bond acceptors (Lipinski definition) is 4. The van der Waals surface area contributed by atoms with E-state index in [0.717, 1.165) is 16.2 Å². The molecule has 1 aromatic heterocycles. The summed E-state index contributed by atoms with van der Waals surface area (Å²) in [7, 11) is 0. The molecule has 0 atom stereocenters. The zero-order valence-corrected chi connectivity index (χ0v) is 11.1. The van der Waals surface area contributed by atoms with Crippen molar-refractivity contribution in [3.8, 4) is 11.3 Å². The fourth-order valence-electron chi connectivity index (χ4n) is 1.61. The van der Waals surface area contributed by atoms with E-state index in [0.29, 0.717) is 5.13 Å². The minimum absolute atomic E-state index is 0.271. The van der Waals surface area contributed by atoms with E-state index in [2.05, 4.69) is 4.98 Å². The number of rotatable bonds is 3. The van der Waals surface area contributed by atoms with Gasteiger partial charge in [-0.05, 0) is 6.92 Å². The molecular formula is C13H12N2O3S. The van der Waals surface area contributed by atoms with E-state index in [4.69, 9.17) is 5.11 Å². The summed E-state index contributed by atoms with van der Waals surface area (Å²) in [6, 6.07) is 9.52. The molecule has 1 N–H and O–H groups in total. The number of carbonyl (C=O) groups is 2. The van der Waals surface area contributed by atoms with E-state index in [1.54, 1.807) is 6.92 Å². The van der Waals surface area contributed by atoms with Crippen LogP contribution in [0.2, 0.25) is 0 Å². The topological polar surface area (TPSA) is 70.5 Å².